The number of amides is 1. The third kappa shape index (κ3) is 3.28. The van der Waals surface area contributed by atoms with Gasteiger partial charge in [-0.05, 0) is 30.4 Å². The fourth-order valence-electron chi connectivity index (χ4n) is 2.86. The second-order valence-corrected chi connectivity index (χ2v) is 5.80. The van der Waals surface area contributed by atoms with E-state index in [0.717, 1.165) is 25.4 Å². The van der Waals surface area contributed by atoms with Crippen molar-refractivity contribution in [3.8, 4) is 0 Å². The number of carbonyl (C=O) groups is 1. The van der Waals surface area contributed by atoms with E-state index in [1.54, 1.807) is 0 Å². The van der Waals surface area contributed by atoms with Crippen LogP contribution in [0.1, 0.15) is 43.6 Å². The monoisotopic (exact) mass is 258 g/mol. The molecule has 1 heterocycles. The van der Waals surface area contributed by atoms with Crippen LogP contribution in [0.15, 0.2) is 24.3 Å². The Balaban J connectivity index is 1.42. The van der Waals surface area contributed by atoms with Crippen LogP contribution in [0.2, 0.25) is 0 Å². The molecule has 0 bridgehead atoms. The van der Waals surface area contributed by atoms with Crippen LogP contribution in [-0.4, -0.2) is 19.0 Å². The maximum atomic E-state index is 11.9. The summed E-state index contributed by atoms with van der Waals surface area (Å²) < 4.78 is 0. The van der Waals surface area contributed by atoms with Crippen LogP contribution in [0.3, 0.4) is 0 Å². The Morgan fingerprint density at radius 3 is 3.00 bits per heavy atom. The van der Waals surface area contributed by atoms with Crippen molar-refractivity contribution in [1.29, 1.82) is 0 Å². The highest BCUT2D eigenvalue weighted by atomic mass is 16.1. The minimum Gasteiger partial charge on any atom is -0.384 e. The summed E-state index contributed by atoms with van der Waals surface area (Å²) in [6.45, 7) is 1.73. The second-order valence-electron chi connectivity index (χ2n) is 5.80. The molecular formula is C16H22N2O. The largest absolute Gasteiger partial charge is 0.384 e. The number of anilines is 1. The summed E-state index contributed by atoms with van der Waals surface area (Å²) in [6.07, 6.45) is 5.83. The van der Waals surface area contributed by atoms with Crippen molar-refractivity contribution >= 4 is 11.6 Å². The standard InChI is InChI=1S/C16H22N2O/c19-16(17-9-3-4-12-7-8-12)10-13-11-18-15-6-2-1-5-14(13)15/h1-2,5-6,12-13,18H,3-4,7-11H2,(H,17,19). The van der Waals surface area contributed by atoms with Gasteiger partial charge in [0.25, 0.3) is 0 Å². The van der Waals surface area contributed by atoms with Gasteiger partial charge in [0.2, 0.25) is 5.91 Å². The molecule has 1 saturated carbocycles. The van der Waals surface area contributed by atoms with Crippen LogP contribution >= 0.6 is 0 Å². The van der Waals surface area contributed by atoms with Crippen molar-refractivity contribution in [1.82, 2.24) is 5.32 Å². The zero-order chi connectivity index (χ0) is 13.1. The summed E-state index contributed by atoms with van der Waals surface area (Å²) in [4.78, 5) is 11.9. The molecule has 2 N–H and O–H groups in total. The third-order valence-corrected chi connectivity index (χ3v) is 4.18. The first-order valence-corrected chi connectivity index (χ1v) is 7.42. The quantitative estimate of drug-likeness (QED) is 0.770. The molecule has 1 aromatic carbocycles. The predicted molar refractivity (Wildman–Crippen MR) is 77.3 cm³/mol. The predicted octanol–water partition coefficient (Wildman–Crippen LogP) is 2.89. The fraction of sp³-hybridized carbons (Fsp3) is 0.562. The molecule has 2 aliphatic rings. The van der Waals surface area contributed by atoms with Crippen molar-refractivity contribution in [2.45, 2.75) is 38.0 Å². The summed E-state index contributed by atoms with van der Waals surface area (Å²) in [7, 11) is 0. The molecule has 0 saturated heterocycles. The van der Waals surface area contributed by atoms with Gasteiger partial charge in [-0.1, -0.05) is 31.0 Å². The van der Waals surface area contributed by atoms with Crippen molar-refractivity contribution in [2.75, 3.05) is 18.4 Å². The zero-order valence-electron chi connectivity index (χ0n) is 11.3. The summed E-state index contributed by atoms with van der Waals surface area (Å²) in [5.41, 5.74) is 2.48. The Bertz CT molecular complexity index is 454. The number of rotatable bonds is 6. The van der Waals surface area contributed by atoms with Crippen molar-refractivity contribution in [3.05, 3.63) is 29.8 Å². The number of carbonyl (C=O) groups excluding carboxylic acids is 1. The minimum absolute atomic E-state index is 0.194. The lowest BCUT2D eigenvalue weighted by Gasteiger charge is -2.10. The van der Waals surface area contributed by atoms with Crippen LogP contribution in [0.5, 0.6) is 0 Å². The van der Waals surface area contributed by atoms with Gasteiger partial charge >= 0.3 is 0 Å². The maximum absolute atomic E-state index is 11.9. The lowest BCUT2D eigenvalue weighted by atomic mass is 9.97. The van der Waals surface area contributed by atoms with E-state index in [1.807, 2.05) is 12.1 Å². The molecule has 3 heteroatoms. The molecule has 1 amide bonds. The number of para-hydroxylation sites is 1. The van der Waals surface area contributed by atoms with Gasteiger partial charge in [0, 0.05) is 31.1 Å². The Labute approximate surface area is 114 Å². The molecule has 102 valence electrons. The average molecular weight is 258 g/mol. The molecule has 1 aromatic rings. The van der Waals surface area contributed by atoms with Gasteiger partial charge in [-0.15, -0.1) is 0 Å². The molecule has 0 spiro atoms. The zero-order valence-corrected chi connectivity index (χ0v) is 11.3. The van der Waals surface area contributed by atoms with Gasteiger partial charge in [0.05, 0.1) is 0 Å². The van der Waals surface area contributed by atoms with Crippen LogP contribution < -0.4 is 10.6 Å². The molecule has 3 rings (SSSR count). The van der Waals surface area contributed by atoms with Gasteiger partial charge < -0.3 is 10.6 Å². The Hall–Kier alpha value is -1.51. The van der Waals surface area contributed by atoms with E-state index in [-0.39, 0.29) is 5.91 Å². The Morgan fingerprint density at radius 1 is 1.32 bits per heavy atom. The molecule has 1 fully saturated rings. The summed E-state index contributed by atoms with van der Waals surface area (Å²) >= 11 is 0. The average Bonchev–Trinajstić information content (AvgIpc) is 3.17. The molecule has 1 atom stereocenters. The lowest BCUT2D eigenvalue weighted by molar-refractivity contribution is -0.121. The van der Waals surface area contributed by atoms with Crippen LogP contribution in [0.4, 0.5) is 5.69 Å². The van der Waals surface area contributed by atoms with Gasteiger partial charge in [-0.3, -0.25) is 4.79 Å². The SMILES string of the molecule is O=C(CC1CNc2ccccc21)NCCCC1CC1. The number of nitrogens with one attached hydrogen (secondary N) is 2. The first-order chi connectivity index (χ1) is 9.33. The lowest BCUT2D eigenvalue weighted by Crippen LogP contribution is -2.26. The van der Waals surface area contributed by atoms with Crippen molar-refractivity contribution in [2.24, 2.45) is 5.92 Å². The van der Waals surface area contributed by atoms with Crippen LogP contribution in [-0.2, 0) is 4.79 Å². The van der Waals surface area contributed by atoms with E-state index in [0.29, 0.717) is 12.3 Å². The van der Waals surface area contributed by atoms with E-state index in [9.17, 15) is 4.79 Å². The number of fused-ring (bicyclic) bond motifs is 1. The van der Waals surface area contributed by atoms with E-state index < -0.39 is 0 Å². The van der Waals surface area contributed by atoms with Gasteiger partial charge in [-0.2, -0.15) is 0 Å². The number of benzene rings is 1. The highest BCUT2D eigenvalue weighted by Gasteiger charge is 2.24. The van der Waals surface area contributed by atoms with Crippen molar-refractivity contribution in [3.63, 3.8) is 0 Å². The van der Waals surface area contributed by atoms with E-state index in [4.69, 9.17) is 0 Å². The van der Waals surface area contributed by atoms with Gasteiger partial charge in [-0.25, -0.2) is 0 Å². The van der Waals surface area contributed by atoms with Crippen LogP contribution in [0.25, 0.3) is 0 Å². The Morgan fingerprint density at radius 2 is 2.16 bits per heavy atom. The van der Waals surface area contributed by atoms with E-state index >= 15 is 0 Å². The van der Waals surface area contributed by atoms with E-state index in [1.165, 1.54) is 30.5 Å². The highest BCUT2D eigenvalue weighted by Crippen LogP contribution is 2.34. The topological polar surface area (TPSA) is 41.1 Å². The molecule has 3 nitrogen and oxygen atoms in total. The summed E-state index contributed by atoms with van der Waals surface area (Å²) in [5.74, 6) is 1.49. The van der Waals surface area contributed by atoms with Crippen molar-refractivity contribution < 1.29 is 4.79 Å². The first kappa shape index (κ1) is 12.5. The molecule has 19 heavy (non-hydrogen) atoms. The second kappa shape index (κ2) is 5.64. The van der Waals surface area contributed by atoms with Crippen LogP contribution in [0, 0.1) is 5.92 Å². The fourth-order valence-corrected chi connectivity index (χ4v) is 2.86. The summed E-state index contributed by atoms with van der Waals surface area (Å²) in [5, 5.41) is 6.42. The number of hydrogen-bond donors (Lipinski definition) is 2. The third-order valence-electron chi connectivity index (χ3n) is 4.18. The highest BCUT2D eigenvalue weighted by molar-refractivity contribution is 5.78. The summed E-state index contributed by atoms with van der Waals surface area (Å²) in [6, 6.07) is 8.29. The molecule has 1 unspecified atom stereocenters. The molecule has 0 radical (unpaired) electrons. The number of hydrogen-bond acceptors (Lipinski definition) is 2. The van der Waals surface area contributed by atoms with E-state index in [2.05, 4.69) is 22.8 Å². The van der Waals surface area contributed by atoms with Gasteiger partial charge in [0.15, 0.2) is 0 Å². The molecule has 1 aliphatic carbocycles. The molecular weight excluding hydrogens is 236 g/mol. The smallest absolute Gasteiger partial charge is 0.220 e. The van der Waals surface area contributed by atoms with Gasteiger partial charge in [0.1, 0.15) is 0 Å². The minimum atomic E-state index is 0.194. The first-order valence-electron chi connectivity index (χ1n) is 7.42. The normalized spacial score (nSPS) is 20.7. The molecule has 0 aromatic heterocycles. The Kier molecular flexibility index (Phi) is 3.72. The maximum Gasteiger partial charge on any atom is 0.220 e. The molecule has 1 aliphatic heterocycles.